The van der Waals surface area contributed by atoms with Gasteiger partial charge in [-0.1, -0.05) is 17.3 Å². The van der Waals surface area contributed by atoms with Gasteiger partial charge in [0.15, 0.2) is 5.82 Å². The van der Waals surface area contributed by atoms with E-state index in [0.717, 1.165) is 11.0 Å². The van der Waals surface area contributed by atoms with Gasteiger partial charge in [-0.05, 0) is 12.1 Å². The van der Waals surface area contributed by atoms with Crippen LogP contribution in [0.2, 0.25) is 0 Å². The van der Waals surface area contributed by atoms with Gasteiger partial charge in [-0.25, -0.2) is 14.6 Å². The van der Waals surface area contributed by atoms with Gasteiger partial charge in [0, 0.05) is 13.1 Å². The van der Waals surface area contributed by atoms with E-state index in [1.165, 1.54) is 0 Å². The third-order valence-electron chi connectivity index (χ3n) is 3.82. The van der Waals surface area contributed by atoms with E-state index in [0.29, 0.717) is 25.5 Å². The first kappa shape index (κ1) is 12.7. The summed E-state index contributed by atoms with van der Waals surface area (Å²) in [6.07, 6.45) is 0. The summed E-state index contributed by atoms with van der Waals surface area (Å²) in [4.78, 5) is 25.6. The molecule has 0 saturated carbocycles. The lowest BCUT2D eigenvalue weighted by molar-refractivity contribution is -0.133. The van der Waals surface area contributed by atoms with Crippen LogP contribution in [0.25, 0.3) is 11.0 Å². The van der Waals surface area contributed by atoms with Gasteiger partial charge in [-0.15, -0.1) is 5.10 Å². The summed E-state index contributed by atoms with van der Waals surface area (Å²) in [6, 6.07) is 7.50. The van der Waals surface area contributed by atoms with Crippen LogP contribution in [-0.2, 0) is 24.4 Å². The second kappa shape index (κ2) is 4.79. The number of nitrogens with zero attached hydrogens (tertiary/aromatic N) is 6. The molecule has 22 heavy (non-hydrogen) atoms. The van der Waals surface area contributed by atoms with Gasteiger partial charge in [0.25, 0.3) is 0 Å². The molecular weight excluding hydrogens is 286 g/mol. The molecule has 0 saturated heterocycles. The van der Waals surface area contributed by atoms with Crippen molar-refractivity contribution < 1.29 is 4.79 Å². The molecule has 1 N–H and O–H groups in total. The maximum atomic E-state index is 12.4. The van der Waals surface area contributed by atoms with E-state index in [1.54, 1.807) is 14.1 Å². The highest BCUT2D eigenvalue weighted by molar-refractivity contribution is 5.79. The van der Waals surface area contributed by atoms with Crippen LogP contribution in [0, 0.1) is 0 Å². The van der Waals surface area contributed by atoms with Crippen molar-refractivity contribution >= 4 is 16.9 Å². The topological polar surface area (TPSA) is 102 Å². The number of aromatic amines is 1. The summed E-state index contributed by atoms with van der Waals surface area (Å²) in [5.41, 5.74) is 1.35. The maximum Gasteiger partial charge on any atom is 0.343 e. The molecule has 1 amide bonds. The number of hydrogen-bond donors (Lipinski definition) is 1. The maximum absolute atomic E-state index is 12.4. The Morgan fingerprint density at radius 3 is 3.05 bits per heavy atom. The van der Waals surface area contributed by atoms with Crippen LogP contribution >= 0.6 is 0 Å². The van der Waals surface area contributed by atoms with Gasteiger partial charge in [-0.3, -0.25) is 9.36 Å². The predicted octanol–water partition coefficient (Wildman–Crippen LogP) is -0.642. The number of hydrogen-bond acceptors (Lipinski definition) is 5. The standard InChI is InChI=1S/C13H13N7O2/c21-12(8-20-10-4-2-1-3-9(10)14-17-20)18-5-6-19-11(7-18)15-16-13(19)22/h1-4H,5-8H2,(H,16,22). The molecule has 3 heterocycles. The molecule has 3 aromatic rings. The molecule has 1 aromatic carbocycles. The molecule has 2 aromatic heterocycles. The second-order valence-electron chi connectivity index (χ2n) is 5.15. The Morgan fingerprint density at radius 2 is 2.14 bits per heavy atom. The van der Waals surface area contributed by atoms with Crippen molar-refractivity contribution in [3.8, 4) is 0 Å². The molecule has 0 atom stereocenters. The normalized spacial score (nSPS) is 14.3. The lowest BCUT2D eigenvalue weighted by Crippen LogP contribution is -2.42. The highest BCUT2D eigenvalue weighted by Gasteiger charge is 2.24. The molecule has 9 nitrogen and oxygen atoms in total. The van der Waals surface area contributed by atoms with Crippen LogP contribution in [0.15, 0.2) is 29.1 Å². The minimum absolute atomic E-state index is 0.0719. The van der Waals surface area contributed by atoms with E-state index in [1.807, 2.05) is 24.3 Å². The largest absolute Gasteiger partial charge is 0.343 e. The van der Waals surface area contributed by atoms with E-state index in [2.05, 4.69) is 20.5 Å². The number of H-pyrrole nitrogens is 1. The van der Waals surface area contributed by atoms with Crippen LogP contribution in [0.4, 0.5) is 0 Å². The van der Waals surface area contributed by atoms with Gasteiger partial charge < -0.3 is 4.90 Å². The molecule has 1 aliphatic rings. The molecule has 112 valence electrons. The average molecular weight is 299 g/mol. The number of carbonyl (C=O) groups is 1. The Kier molecular flexibility index (Phi) is 2.78. The van der Waals surface area contributed by atoms with Crippen molar-refractivity contribution in [3.63, 3.8) is 0 Å². The zero-order chi connectivity index (χ0) is 15.1. The molecular formula is C13H13N7O2. The number of rotatable bonds is 2. The Hall–Kier alpha value is -2.97. The first-order chi connectivity index (χ1) is 10.7. The zero-order valence-electron chi connectivity index (χ0n) is 11.6. The van der Waals surface area contributed by atoms with E-state index in [4.69, 9.17) is 0 Å². The van der Waals surface area contributed by atoms with Crippen LogP contribution in [0.5, 0.6) is 0 Å². The molecule has 0 bridgehead atoms. The second-order valence-corrected chi connectivity index (χ2v) is 5.15. The summed E-state index contributed by atoms with van der Waals surface area (Å²) in [5, 5.41) is 14.4. The molecule has 0 aliphatic carbocycles. The fourth-order valence-corrected chi connectivity index (χ4v) is 2.65. The van der Waals surface area contributed by atoms with Gasteiger partial charge in [0.05, 0.1) is 12.1 Å². The van der Waals surface area contributed by atoms with Crippen LogP contribution in [0.3, 0.4) is 0 Å². The number of benzene rings is 1. The molecule has 0 unspecified atom stereocenters. The average Bonchev–Trinajstić information content (AvgIpc) is 3.12. The fourth-order valence-electron chi connectivity index (χ4n) is 2.65. The Bertz CT molecular complexity index is 906. The predicted molar refractivity (Wildman–Crippen MR) is 75.8 cm³/mol. The number of carbonyl (C=O) groups excluding carboxylic acids is 1. The van der Waals surface area contributed by atoms with Gasteiger partial charge in [-0.2, -0.15) is 5.10 Å². The summed E-state index contributed by atoms with van der Waals surface area (Å²) in [6.45, 7) is 1.38. The van der Waals surface area contributed by atoms with Crippen molar-refractivity contribution in [2.24, 2.45) is 0 Å². The zero-order valence-corrected chi connectivity index (χ0v) is 11.6. The van der Waals surface area contributed by atoms with Crippen molar-refractivity contribution in [2.75, 3.05) is 6.54 Å². The lowest BCUT2D eigenvalue weighted by atomic mass is 10.3. The summed E-state index contributed by atoms with van der Waals surface area (Å²) < 4.78 is 3.14. The van der Waals surface area contributed by atoms with Gasteiger partial charge in [0.2, 0.25) is 5.91 Å². The minimum Gasteiger partial charge on any atom is -0.332 e. The number of aromatic nitrogens is 6. The Labute approximate surface area is 124 Å². The number of amides is 1. The molecule has 4 rings (SSSR count). The summed E-state index contributed by atoms with van der Waals surface area (Å²) in [7, 11) is 0. The van der Waals surface area contributed by atoms with E-state index < -0.39 is 0 Å². The highest BCUT2D eigenvalue weighted by Crippen LogP contribution is 2.12. The van der Waals surface area contributed by atoms with E-state index in [-0.39, 0.29) is 18.1 Å². The smallest absolute Gasteiger partial charge is 0.332 e. The first-order valence-electron chi connectivity index (χ1n) is 6.92. The quantitative estimate of drug-likeness (QED) is 0.678. The summed E-state index contributed by atoms with van der Waals surface area (Å²) >= 11 is 0. The van der Waals surface area contributed by atoms with E-state index >= 15 is 0 Å². The minimum atomic E-state index is -0.232. The number of fused-ring (bicyclic) bond motifs is 2. The first-order valence-corrected chi connectivity index (χ1v) is 6.92. The number of para-hydroxylation sites is 1. The molecule has 9 heteroatoms. The van der Waals surface area contributed by atoms with Crippen LogP contribution in [-0.4, -0.2) is 47.1 Å². The van der Waals surface area contributed by atoms with Crippen molar-refractivity contribution in [1.29, 1.82) is 0 Å². The van der Waals surface area contributed by atoms with Crippen LogP contribution < -0.4 is 5.69 Å². The highest BCUT2D eigenvalue weighted by atomic mass is 16.2. The SMILES string of the molecule is O=C(Cn1nnc2ccccc21)N1CCn2c(n[nH]c2=O)C1. The van der Waals surface area contributed by atoms with Gasteiger partial charge >= 0.3 is 5.69 Å². The molecule has 0 radical (unpaired) electrons. The van der Waals surface area contributed by atoms with Crippen molar-refractivity contribution in [3.05, 3.63) is 40.6 Å². The summed E-state index contributed by atoms with van der Waals surface area (Å²) in [5.74, 6) is 0.505. The third kappa shape index (κ3) is 1.98. The van der Waals surface area contributed by atoms with Crippen molar-refractivity contribution in [2.45, 2.75) is 19.6 Å². The monoisotopic (exact) mass is 299 g/mol. The van der Waals surface area contributed by atoms with Gasteiger partial charge in [0.1, 0.15) is 12.1 Å². The lowest BCUT2D eigenvalue weighted by Gasteiger charge is -2.26. The Balaban J connectivity index is 1.55. The van der Waals surface area contributed by atoms with Crippen LogP contribution in [0.1, 0.15) is 5.82 Å². The molecule has 1 aliphatic heterocycles. The third-order valence-corrected chi connectivity index (χ3v) is 3.82. The Morgan fingerprint density at radius 1 is 1.27 bits per heavy atom. The fraction of sp³-hybridized carbons (Fsp3) is 0.308. The van der Waals surface area contributed by atoms with Crippen molar-refractivity contribution in [1.82, 2.24) is 34.7 Å². The number of nitrogens with one attached hydrogen (secondary N) is 1. The molecule has 0 fully saturated rings. The van der Waals surface area contributed by atoms with E-state index in [9.17, 15) is 9.59 Å². The molecule has 0 spiro atoms.